The fourth-order valence-corrected chi connectivity index (χ4v) is 2.50. The van der Waals surface area contributed by atoms with Crippen molar-refractivity contribution in [3.8, 4) is 11.4 Å². The van der Waals surface area contributed by atoms with E-state index in [1.807, 2.05) is 13.8 Å². The summed E-state index contributed by atoms with van der Waals surface area (Å²) in [6.45, 7) is 4.00. The first kappa shape index (κ1) is 15.5. The van der Waals surface area contributed by atoms with Crippen LogP contribution in [0.2, 0.25) is 0 Å². The average molecular weight is 316 g/mol. The van der Waals surface area contributed by atoms with Crippen LogP contribution in [0.25, 0.3) is 11.4 Å². The topological polar surface area (TPSA) is 90.9 Å². The molecule has 0 fully saturated rings. The van der Waals surface area contributed by atoms with Crippen molar-refractivity contribution < 1.29 is 17.2 Å². The summed E-state index contributed by atoms with van der Waals surface area (Å²) in [6, 6.07) is 3.17. The molecule has 2 N–H and O–H groups in total. The zero-order valence-electron chi connectivity index (χ0n) is 11.4. The van der Waals surface area contributed by atoms with E-state index in [9.17, 15) is 17.2 Å². The maximum Gasteiger partial charge on any atom is 0.273 e. The number of nitrogens with zero attached hydrogens (tertiary/aromatic N) is 3. The summed E-state index contributed by atoms with van der Waals surface area (Å²) in [7, 11) is -4.06. The first-order valence-electron chi connectivity index (χ1n) is 6.11. The minimum atomic E-state index is -4.06. The van der Waals surface area contributed by atoms with Gasteiger partial charge < -0.3 is 0 Å². The van der Waals surface area contributed by atoms with Gasteiger partial charge in [0.1, 0.15) is 0 Å². The largest absolute Gasteiger partial charge is 0.296 e. The van der Waals surface area contributed by atoms with E-state index >= 15 is 0 Å². The van der Waals surface area contributed by atoms with E-state index in [2.05, 4.69) is 10.2 Å². The first-order valence-corrected chi connectivity index (χ1v) is 7.66. The molecule has 0 unspecified atom stereocenters. The van der Waals surface area contributed by atoms with Crippen LogP contribution in [0.4, 0.5) is 8.78 Å². The van der Waals surface area contributed by atoms with Gasteiger partial charge in [-0.05, 0) is 24.1 Å². The molecule has 0 amide bonds. The summed E-state index contributed by atoms with van der Waals surface area (Å²) in [6.07, 6.45) is 0. The zero-order valence-corrected chi connectivity index (χ0v) is 12.2. The monoisotopic (exact) mass is 316 g/mol. The van der Waals surface area contributed by atoms with Crippen molar-refractivity contribution in [1.29, 1.82) is 0 Å². The Morgan fingerprint density at radius 1 is 1.24 bits per heavy atom. The van der Waals surface area contributed by atoms with Crippen LogP contribution in [0.1, 0.15) is 13.8 Å². The van der Waals surface area contributed by atoms with Gasteiger partial charge in [0.25, 0.3) is 15.2 Å². The molecule has 0 aliphatic heterocycles. The van der Waals surface area contributed by atoms with Crippen molar-refractivity contribution >= 4 is 10.0 Å². The van der Waals surface area contributed by atoms with E-state index in [1.54, 1.807) is 0 Å². The third-order valence-corrected chi connectivity index (χ3v) is 3.51. The fraction of sp³-hybridized carbons (Fsp3) is 0.333. The van der Waals surface area contributed by atoms with E-state index in [0.29, 0.717) is 0 Å². The minimum absolute atomic E-state index is 0.0746. The lowest BCUT2D eigenvalue weighted by Gasteiger charge is -2.11. The summed E-state index contributed by atoms with van der Waals surface area (Å²) >= 11 is 0. The van der Waals surface area contributed by atoms with E-state index in [1.165, 1.54) is 10.6 Å². The van der Waals surface area contributed by atoms with E-state index < -0.39 is 26.8 Å². The lowest BCUT2D eigenvalue weighted by molar-refractivity contribution is 0.485. The number of aromatic nitrogens is 3. The Bertz CT molecular complexity index is 772. The van der Waals surface area contributed by atoms with Gasteiger partial charge in [0.15, 0.2) is 17.5 Å². The zero-order chi connectivity index (χ0) is 15.8. The summed E-state index contributed by atoms with van der Waals surface area (Å²) in [5.41, 5.74) is 0.219. The Morgan fingerprint density at radius 3 is 2.43 bits per heavy atom. The van der Waals surface area contributed by atoms with Gasteiger partial charge in [-0.1, -0.05) is 13.8 Å². The number of sulfonamides is 1. The predicted octanol–water partition coefficient (Wildman–Crippen LogP) is 1.53. The number of benzene rings is 1. The van der Waals surface area contributed by atoms with Gasteiger partial charge in [-0.15, -0.1) is 10.2 Å². The van der Waals surface area contributed by atoms with Crippen molar-refractivity contribution in [3.05, 3.63) is 29.8 Å². The molecule has 0 aliphatic rings. The smallest absolute Gasteiger partial charge is 0.273 e. The van der Waals surface area contributed by atoms with E-state index in [-0.39, 0.29) is 23.9 Å². The minimum Gasteiger partial charge on any atom is -0.296 e. The molecule has 0 saturated carbocycles. The molecule has 21 heavy (non-hydrogen) atoms. The summed E-state index contributed by atoms with van der Waals surface area (Å²) in [4.78, 5) is 0. The van der Waals surface area contributed by atoms with Crippen molar-refractivity contribution in [2.75, 3.05) is 0 Å². The summed E-state index contributed by atoms with van der Waals surface area (Å²) < 4.78 is 50.6. The van der Waals surface area contributed by atoms with Crippen LogP contribution in [0.5, 0.6) is 0 Å². The summed E-state index contributed by atoms with van der Waals surface area (Å²) in [5.74, 6) is -1.86. The van der Waals surface area contributed by atoms with Crippen LogP contribution in [0.3, 0.4) is 0 Å². The molecule has 0 spiro atoms. The quantitative estimate of drug-likeness (QED) is 0.926. The van der Waals surface area contributed by atoms with Crippen LogP contribution in [0, 0.1) is 17.6 Å². The van der Waals surface area contributed by atoms with E-state index in [4.69, 9.17) is 5.14 Å². The lowest BCUT2D eigenvalue weighted by atomic mass is 10.2. The highest BCUT2D eigenvalue weighted by atomic mass is 32.2. The second-order valence-corrected chi connectivity index (χ2v) is 6.44. The molecule has 1 aromatic heterocycles. The van der Waals surface area contributed by atoms with Gasteiger partial charge in [0.2, 0.25) is 0 Å². The van der Waals surface area contributed by atoms with Gasteiger partial charge in [-0.2, -0.15) is 0 Å². The molecule has 9 heteroatoms. The van der Waals surface area contributed by atoms with Gasteiger partial charge in [0.05, 0.1) is 0 Å². The van der Waals surface area contributed by atoms with Gasteiger partial charge >= 0.3 is 0 Å². The Hall–Kier alpha value is -1.87. The highest BCUT2D eigenvalue weighted by Gasteiger charge is 2.23. The highest BCUT2D eigenvalue weighted by molar-refractivity contribution is 7.89. The molecule has 6 nitrogen and oxygen atoms in total. The molecule has 2 aromatic rings. The second kappa shape index (κ2) is 5.49. The number of rotatable bonds is 4. The third kappa shape index (κ3) is 3.24. The van der Waals surface area contributed by atoms with Crippen molar-refractivity contribution in [3.63, 3.8) is 0 Å². The average Bonchev–Trinajstić information content (AvgIpc) is 2.75. The highest BCUT2D eigenvalue weighted by Crippen LogP contribution is 2.23. The van der Waals surface area contributed by atoms with Crippen molar-refractivity contribution in [2.45, 2.75) is 25.5 Å². The Kier molecular flexibility index (Phi) is 4.06. The molecule has 114 valence electrons. The van der Waals surface area contributed by atoms with Crippen LogP contribution >= 0.6 is 0 Å². The molecular formula is C12H14F2N4O2S. The first-order chi connectivity index (χ1) is 9.70. The van der Waals surface area contributed by atoms with Crippen LogP contribution in [-0.4, -0.2) is 23.2 Å². The maximum atomic E-state index is 13.3. The molecule has 1 aromatic carbocycles. The van der Waals surface area contributed by atoms with Crippen LogP contribution < -0.4 is 5.14 Å². The number of halogens is 2. The molecule has 0 bridgehead atoms. The van der Waals surface area contributed by atoms with Gasteiger partial charge in [-0.3, -0.25) is 4.57 Å². The van der Waals surface area contributed by atoms with Crippen molar-refractivity contribution in [2.24, 2.45) is 11.1 Å². The Balaban J connectivity index is 2.63. The van der Waals surface area contributed by atoms with Crippen LogP contribution in [0.15, 0.2) is 23.4 Å². The van der Waals surface area contributed by atoms with Gasteiger partial charge in [-0.25, -0.2) is 22.3 Å². The molecule has 0 radical (unpaired) electrons. The molecule has 0 saturated heterocycles. The molecule has 0 aliphatic carbocycles. The standard InChI is InChI=1S/C12H14F2N4O2S/c1-7(2)6-18-11(16-17-12(18)21(15,19)20)8-3-4-9(13)10(14)5-8/h3-5,7H,6H2,1-2H3,(H2,15,19,20). The normalized spacial score (nSPS) is 12.1. The number of primary sulfonamides is 1. The van der Waals surface area contributed by atoms with Crippen LogP contribution in [-0.2, 0) is 16.6 Å². The molecule has 0 atom stereocenters. The Morgan fingerprint density at radius 2 is 1.90 bits per heavy atom. The number of hydrogen-bond donors (Lipinski definition) is 1. The Labute approximate surface area is 120 Å². The van der Waals surface area contributed by atoms with E-state index in [0.717, 1.165) is 12.1 Å². The number of nitrogens with two attached hydrogens (primary N) is 1. The SMILES string of the molecule is CC(C)Cn1c(-c2ccc(F)c(F)c2)nnc1S(N)(=O)=O. The molecule has 1 heterocycles. The second-order valence-electron chi connectivity index (χ2n) is 4.98. The maximum absolute atomic E-state index is 13.3. The fourth-order valence-electron chi connectivity index (χ4n) is 1.88. The summed E-state index contributed by atoms with van der Waals surface area (Å²) in [5, 5.41) is 12.0. The number of hydrogen-bond acceptors (Lipinski definition) is 4. The third-order valence-electron chi connectivity index (χ3n) is 2.70. The van der Waals surface area contributed by atoms with Gasteiger partial charge in [0, 0.05) is 12.1 Å². The van der Waals surface area contributed by atoms with Crippen molar-refractivity contribution in [1.82, 2.24) is 14.8 Å². The predicted molar refractivity (Wildman–Crippen MR) is 71.6 cm³/mol. The lowest BCUT2D eigenvalue weighted by Crippen LogP contribution is -2.20. The molecule has 2 rings (SSSR count). The molecular weight excluding hydrogens is 302 g/mol.